The monoisotopic (exact) mass is 495 g/mol. The van der Waals surface area contributed by atoms with E-state index in [1.54, 1.807) is 11.4 Å². The van der Waals surface area contributed by atoms with E-state index >= 15 is 0 Å². The van der Waals surface area contributed by atoms with Gasteiger partial charge in [-0.05, 0) is 24.6 Å². The number of amides is 3. The van der Waals surface area contributed by atoms with Crippen molar-refractivity contribution in [2.75, 3.05) is 26.4 Å². The lowest BCUT2D eigenvalue weighted by molar-refractivity contribution is -0.124. The van der Waals surface area contributed by atoms with Gasteiger partial charge in [-0.3, -0.25) is 10.1 Å². The van der Waals surface area contributed by atoms with Gasteiger partial charge in [0.1, 0.15) is 6.54 Å². The van der Waals surface area contributed by atoms with Gasteiger partial charge in [-0.1, -0.05) is 25.1 Å². The molecule has 1 aromatic carbocycles. The van der Waals surface area contributed by atoms with E-state index in [1.165, 1.54) is 26.2 Å². The number of carbonyl (C=O) groups is 2. The molecule has 1 heterocycles. The van der Waals surface area contributed by atoms with Crippen LogP contribution >= 0.6 is 11.8 Å². The minimum absolute atomic E-state index is 0.0748. The van der Waals surface area contributed by atoms with Gasteiger partial charge in [-0.25, -0.2) is 22.5 Å². The second kappa shape index (κ2) is 10.5. The average Bonchev–Trinajstić information content (AvgIpc) is 3.05. The third-order valence-electron chi connectivity index (χ3n) is 4.23. The fourth-order valence-corrected chi connectivity index (χ4v) is 4.38. The zero-order valence-corrected chi connectivity index (χ0v) is 19.3. The Balaban J connectivity index is 2.19. The first-order valence-electron chi connectivity index (χ1n) is 9.55. The van der Waals surface area contributed by atoms with Crippen LogP contribution in [0, 0.1) is 0 Å². The number of urea groups is 1. The van der Waals surface area contributed by atoms with Crippen LogP contribution in [0.2, 0.25) is 0 Å². The number of sulfonamides is 1. The Bertz CT molecular complexity index is 1080. The number of imide groups is 1. The molecule has 2 aromatic rings. The quantitative estimate of drug-likeness (QED) is 0.517. The number of hydrogen-bond donors (Lipinski definition) is 2. The van der Waals surface area contributed by atoms with Gasteiger partial charge in [0.05, 0.1) is 21.7 Å². The van der Waals surface area contributed by atoms with Crippen molar-refractivity contribution in [3.05, 3.63) is 18.2 Å². The average molecular weight is 496 g/mol. The fraction of sp³-hybridized carbons (Fsp3) is 0.500. The van der Waals surface area contributed by atoms with E-state index in [-0.39, 0.29) is 10.6 Å². The molecule has 178 valence electrons. The summed E-state index contributed by atoms with van der Waals surface area (Å²) >= 11 is 0.994. The van der Waals surface area contributed by atoms with Crippen molar-refractivity contribution in [3.63, 3.8) is 0 Å². The Morgan fingerprint density at radius 2 is 1.94 bits per heavy atom. The summed E-state index contributed by atoms with van der Waals surface area (Å²) in [6.45, 7) is 1.02. The van der Waals surface area contributed by atoms with Crippen molar-refractivity contribution in [2.45, 2.75) is 42.5 Å². The third-order valence-corrected chi connectivity index (χ3v) is 7.02. The van der Waals surface area contributed by atoms with Crippen molar-refractivity contribution in [1.29, 1.82) is 0 Å². The molecule has 3 amide bonds. The largest absolute Gasteiger partial charge is 0.405 e. The number of alkyl halides is 3. The summed E-state index contributed by atoms with van der Waals surface area (Å²) in [7, 11) is -0.814. The second-order valence-corrected chi connectivity index (χ2v) is 10.1. The van der Waals surface area contributed by atoms with Crippen LogP contribution in [-0.4, -0.2) is 66.8 Å². The molecule has 0 aliphatic heterocycles. The van der Waals surface area contributed by atoms with Crippen LogP contribution in [-0.2, 0) is 21.4 Å². The Hall–Kier alpha value is -2.32. The molecule has 0 radical (unpaired) electrons. The predicted octanol–water partition coefficient (Wildman–Crippen LogP) is 2.57. The van der Waals surface area contributed by atoms with Crippen molar-refractivity contribution < 1.29 is 31.2 Å². The van der Waals surface area contributed by atoms with Gasteiger partial charge in [0.15, 0.2) is 5.16 Å². The third kappa shape index (κ3) is 6.84. The van der Waals surface area contributed by atoms with Crippen molar-refractivity contribution >= 4 is 44.8 Å². The lowest BCUT2D eigenvalue weighted by atomic mass is 10.3. The van der Waals surface area contributed by atoms with Crippen molar-refractivity contribution in [1.82, 2.24) is 24.5 Å². The zero-order chi connectivity index (χ0) is 24.1. The highest BCUT2D eigenvalue weighted by Gasteiger charge is 2.28. The number of hydrogen-bond acceptors (Lipinski definition) is 6. The molecular formula is C18H24F3N5O4S2. The van der Waals surface area contributed by atoms with E-state index < -0.39 is 34.7 Å². The molecule has 0 saturated heterocycles. The number of fused-ring (bicyclic) bond motifs is 1. The molecule has 0 bridgehead atoms. The van der Waals surface area contributed by atoms with Crippen LogP contribution in [0.5, 0.6) is 0 Å². The number of nitrogens with zero attached hydrogens (tertiary/aromatic N) is 3. The molecule has 0 spiro atoms. The number of carbonyl (C=O) groups excluding carboxylic acids is 2. The van der Waals surface area contributed by atoms with E-state index in [1.807, 2.05) is 16.8 Å². The van der Waals surface area contributed by atoms with Crippen LogP contribution in [0.4, 0.5) is 18.0 Å². The first kappa shape index (κ1) is 25.9. The van der Waals surface area contributed by atoms with Gasteiger partial charge in [0, 0.05) is 20.6 Å². The minimum atomic E-state index is -4.59. The maximum Gasteiger partial charge on any atom is 0.405 e. The Morgan fingerprint density at radius 1 is 1.25 bits per heavy atom. The van der Waals surface area contributed by atoms with E-state index in [0.717, 1.165) is 28.9 Å². The first-order chi connectivity index (χ1) is 14.8. The lowest BCUT2D eigenvalue weighted by Crippen LogP contribution is -2.43. The molecule has 9 nitrogen and oxygen atoms in total. The molecule has 1 aromatic heterocycles. The highest BCUT2D eigenvalue weighted by Crippen LogP contribution is 2.27. The van der Waals surface area contributed by atoms with Crippen LogP contribution in [0.1, 0.15) is 19.8 Å². The molecule has 14 heteroatoms. The van der Waals surface area contributed by atoms with E-state index in [4.69, 9.17) is 0 Å². The summed E-state index contributed by atoms with van der Waals surface area (Å²) in [5, 5.41) is 3.81. The number of halogens is 3. The number of thioether (sulfide) groups is 1. The zero-order valence-electron chi connectivity index (χ0n) is 17.7. The van der Waals surface area contributed by atoms with Crippen LogP contribution < -0.4 is 10.6 Å². The molecule has 0 saturated carbocycles. The van der Waals surface area contributed by atoms with E-state index in [9.17, 15) is 31.2 Å². The van der Waals surface area contributed by atoms with Gasteiger partial charge in [-0.2, -0.15) is 13.2 Å². The van der Waals surface area contributed by atoms with Gasteiger partial charge >= 0.3 is 12.2 Å². The molecule has 32 heavy (non-hydrogen) atoms. The fourth-order valence-electron chi connectivity index (χ4n) is 2.62. The van der Waals surface area contributed by atoms with Gasteiger partial charge in [0.25, 0.3) is 0 Å². The predicted molar refractivity (Wildman–Crippen MR) is 114 cm³/mol. The number of benzene rings is 1. The summed E-state index contributed by atoms with van der Waals surface area (Å²) < 4.78 is 64.1. The molecule has 0 fully saturated rings. The first-order valence-corrected chi connectivity index (χ1v) is 12.0. The van der Waals surface area contributed by atoms with Gasteiger partial charge in [0.2, 0.25) is 15.9 Å². The molecule has 2 N–H and O–H groups in total. The Labute approximate surface area is 187 Å². The smallest absolute Gasteiger partial charge is 0.329 e. The highest BCUT2D eigenvalue weighted by atomic mass is 32.2. The van der Waals surface area contributed by atoms with E-state index in [2.05, 4.69) is 4.98 Å². The highest BCUT2D eigenvalue weighted by molar-refractivity contribution is 7.99. The van der Waals surface area contributed by atoms with Gasteiger partial charge < -0.3 is 9.88 Å². The minimum Gasteiger partial charge on any atom is -0.329 e. The number of aryl methyl sites for hydroxylation is 1. The maximum absolute atomic E-state index is 12.4. The van der Waals surface area contributed by atoms with E-state index in [0.29, 0.717) is 22.7 Å². The van der Waals surface area contributed by atoms with Crippen molar-refractivity contribution in [2.24, 2.45) is 0 Å². The number of nitrogens with one attached hydrogen (secondary N) is 2. The molecule has 0 aliphatic rings. The van der Waals surface area contributed by atoms with Crippen LogP contribution in [0.3, 0.4) is 0 Å². The summed E-state index contributed by atoms with van der Waals surface area (Å²) in [5.74, 6) is -1.06. The SMILES string of the molecule is CCCCn1c(SCC(=O)NC(=O)NCC(F)(F)F)nc2cc(S(=O)(=O)N(C)C)ccc21. The molecular weight excluding hydrogens is 471 g/mol. The molecule has 0 atom stereocenters. The molecule has 0 aliphatic carbocycles. The van der Waals surface area contributed by atoms with Crippen LogP contribution in [0.25, 0.3) is 11.0 Å². The van der Waals surface area contributed by atoms with Gasteiger partial charge in [-0.15, -0.1) is 0 Å². The number of imidazole rings is 1. The summed E-state index contributed by atoms with van der Waals surface area (Å²) in [4.78, 5) is 27.9. The second-order valence-electron chi connectivity index (χ2n) is 6.97. The number of unbranched alkanes of at least 4 members (excludes halogenated alkanes) is 1. The summed E-state index contributed by atoms with van der Waals surface area (Å²) in [6.07, 6.45) is -2.89. The normalized spacial score (nSPS) is 12.3. The number of rotatable bonds is 9. The topological polar surface area (TPSA) is 113 Å². The lowest BCUT2D eigenvalue weighted by Gasteiger charge is -2.11. The Morgan fingerprint density at radius 3 is 2.53 bits per heavy atom. The molecule has 0 unspecified atom stereocenters. The van der Waals surface area contributed by atoms with Crippen LogP contribution in [0.15, 0.2) is 28.3 Å². The summed E-state index contributed by atoms with van der Waals surface area (Å²) in [6, 6.07) is 3.32. The summed E-state index contributed by atoms with van der Waals surface area (Å²) in [5.41, 5.74) is 1.11. The number of aromatic nitrogens is 2. The maximum atomic E-state index is 12.4. The molecule has 2 rings (SSSR count). The standard InChI is InChI=1S/C18H24F3N5O4S2/c1-4-5-8-26-14-7-6-12(32(29,30)25(2)3)9-13(14)23-17(26)31-10-15(27)24-16(28)22-11-18(19,20)21/h6-7,9H,4-5,8,10-11H2,1-3H3,(H2,22,24,27,28). The van der Waals surface area contributed by atoms with Crippen molar-refractivity contribution in [3.8, 4) is 0 Å². The Kier molecular flexibility index (Phi) is 8.54.